The fourth-order valence-electron chi connectivity index (χ4n) is 3.43. The van der Waals surface area contributed by atoms with Crippen molar-refractivity contribution in [3.05, 3.63) is 0 Å². The standard InChI is InChI=1S/C23H45NO4Si/c1-20(2,3)24-14-12-23(17-24,13-15-27-29(10,11)22(7,8)9)18(25)16-19(26)28-21(4,5)6/h12-17H2,1-11H3. The first kappa shape index (κ1) is 26.3. The summed E-state index contributed by atoms with van der Waals surface area (Å²) in [5.74, 6) is -0.432. The molecule has 1 atom stereocenters. The molecule has 1 rings (SSSR count). The maximum Gasteiger partial charge on any atom is 0.313 e. The van der Waals surface area contributed by atoms with Crippen LogP contribution in [0, 0.1) is 5.41 Å². The van der Waals surface area contributed by atoms with Gasteiger partial charge in [-0.3, -0.25) is 14.5 Å². The predicted molar refractivity (Wildman–Crippen MR) is 122 cm³/mol. The minimum absolute atomic E-state index is 0.00247. The zero-order valence-corrected chi connectivity index (χ0v) is 21.8. The van der Waals surface area contributed by atoms with Crippen LogP contribution in [0.25, 0.3) is 0 Å². The molecule has 0 radical (unpaired) electrons. The van der Waals surface area contributed by atoms with Gasteiger partial charge in [-0.2, -0.15) is 0 Å². The topological polar surface area (TPSA) is 55.8 Å². The lowest BCUT2D eigenvalue weighted by molar-refractivity contribution is -0.157. The molecule has 0 amide bonds. The summed E-state index contributed by atoms with van der Waals surface area (Å²) in [7, 11) is -1.88. The van der Waals surface area contributed by atoms with Crippen LogP contribution in [0.15, 0.2) is 0 Å². The highest BCUT2D eigenvalue weighted by Gasteiger charge is 2.47. The molecule has 1 saturated heterocycles. The van der Waals surface area contributed by atoms with Gasteiger partial charge in [-0.05, 0) is 79.1 Å². The van der Waals surface area contributed by atoms with Crippen molar-refractivity contribution in [1.82, 2.24) is 4.90 Å². The average molecular weight is 428 g/mol. The Bertz CT molecular complexity index is 595. The lowest BCUT2D eigenvalue weighted by atomic mass is 9.78. The summed E-state index contributed by atoms with van der Waals surface area (Å²) < 4.78 is 11.8. The van der Waals surface area contributed by atoms with Crippen LogP contribution in [0.2, 0.25) is 18.1 Å². The number of ether oxygens (including phenoxy) is 1. The molecule has 1 fully saturated rings. The largest absolute Gasteiger partial charge is 0.460 e. The fourth-order valence-corrected chi connectivity index (χ4v) is 4.48. The molecule has 1 heterocycles. The number of ketones is 1. The Hall–Kier alpha value is -0.723. The van der Waals surface area contributed by atoms with Crippen molar-refractivity contribution >= 4 is 20.1 Å². The second-order valence-corrected chi connectivity index (χ2v) is 17.0. The number of esters is 1. The monoisotopic (exact) mass is 427 g/mol. The summed E-state index contributed by atoms with van der Waals surface area (Å²) in [6, 6.07) is 0. The molecule has 1 aliphatic heterocycles. The van der Waals surface area contributed by atoms with Gasteiger partial charge in [0.15, 0.2) is 14.1 Å². The van der Waals surface area contributed by atoms with Crippen LogP contribution in [0.3, 0.4) is 0 Å². The van der Waals surface area contributed by atoms with Crippen molar-refractivity contribution in [2.45, 2.75) is 111 Å². The number of hydrogen-bond acceptors (Lipinski definition) is 5. The third-order valence-electron chi connectivity index (χ3n) is 6.47. The molecular formula is C23H45NO4Si. The SMILES string of the molecule is CC(C)(C)OC(=O)CC(=O)C1(CCO[Si](C)(C)C(C)(C)C)CCN(C(C)(C)C)C1. The Labute approximate surface area is 180 Å². The Morgan fingerprint density at radius 2 is 1.55 bits per heavy atom. The zero-order valence-electron chi connectivity index (χ0n) is 20.8. The molecule has 0 aromatic heterocycles. The summed E-state index contributed by atoms with van der Waals surface area (Å²) in [5, 5.41) is 0.133. The maximum absolute atomic E-state index is 13.3. The maximum atomic E-state index is 13.3. The Morgan fingerprint density at radius 1 is 1.00 bits per heavy atom. The molecule has 0 aromatic rings. The van der Waals surface area contributed by atoms with Gasteiger partial charge >= 0.3 is 5.97 Å². The summed E-state index contributed by atoms with van der Waals surface area (Å²) in [6.07, 6.45) is 1.27. The van der Waals surface area contributed by atoms with Gasteiger partial charge < -0.3 is 9.16 Å². The van der Waals surface area contributed by atoms with Gasteiger partial charge in [0.25, 0.3) is 0 Å². The van der Waals surface area contributed by atoms with E-state index in [0.717, 1.165) is 13.0 Å². The predicted octanol–water partition coefficient (Wildman–Crippen LogP) is 5.19. The first-order valence-electron chi connectivity index (χ1n) is 10.9. The third-order valence-corrected chi connectivity index (χ3v) is 11.0. The number of nitrogens with zero attached hydrogens (tertiary/aromatic N) is 1. The lowest BCUT2D eigenvalue weighted by Crippen LogP contribution is -2.45. The van der Waals surface area contributed by atoms with E-state index in [9.17, 15) is 9.59 Å². The first-order chi connectivity index (χ1) is 12.8. The van der Waals surface area contributed by atoms with Crippen molar-refractivity contribution in [1.29, 1.82) is 0 Å². The number of rotatable bonds is 7. The van der Waals surface area contributed by atoms with Gasteiger partial charge in [0, 0.05) is 24.1 Å². The number of hydrogen-bond donors (Lipinski definition) is 0. The normalized spacial score (nSPS) is 22.0. The van der Waals surface area contributed by atoms with Crippen LogP contribution in [-0.4, -0.2) is 55.8 Å². The van der Waals surface area contributed by atoms with Crippen molar-refractivity contribution in [3.63, 3.8) is 0 Å². The molecule has 5 nitrogen and oxygen atoms in total. The van der Waals surface area contributed by atoms with E-state index in [1.807, 2.05) is 20.8 Å². The second-order valence-electron chi connectivity index (χ2n) is 12.2. The van der Waals surface area contributed by atoms with Gasteiger partial charge in [0.1, 0.15) is 12.0 Å². The van der Waals surface area contributed by atoms with Gasteiger partial charge in [-0.1, -0.05) is 20.8 Å². The molecule has 6 heteroatoms. The van der Waals surface area contributed by atoms with E-state index in [0.29, 0.717) is 19.6 Å². The smallest absolute Gasteiger partial charge is 0.313 e. The highest BCUT2D eigenvalue weighted by Crippen LogP contribution is 2.41. The van der Waals surface area contributed by atoms with Crippen molar-refractivity contribution < 1.29 is 18.8 Å². The van der Waals surface area contributed by atoms with Gasteiger partial charge in [-0.25, -0.2) is 0 Å². The summed E-state index contributed by atoms with van der Waals surface area (Å²) in [4.78, 5) is 28.0. The molecule has 0 spiro atoms. The van der Waals surface area contributed by atoms with Crippen LogP contribution in [-0.2, 0) is 18.8 Å². The number of likely N-dealkylation sites (tertiary alicyclic amines) is 1. The third kappa shape index (κ3) is 7.48. The molecule has 1 unspecified atom stereocenters. The van der Waals surface area contributed by atoms with Crippen LogP contribution < -0.4 is 0 Å². The Balaban J connectivity index is 2.94. The van der Waals surface area contributed by atoms with E-state index < -0.39 is 25.3 Å². The van der Waals surface area contributed by atoms with E-state index in [1.165, 1.54) is 0 Å². The van der Waals surface area contributed by atoms with E-state index in [1.54, 1.807) is 0 Å². The van der Waals surface area contributed by atoms with Gasteiger partial charge in [-0.15, -0.1) is 0 Å². The molecule has 170 valence electrons. The Kier molecular flexibility index (Phi) is 7.98. The zero-order chi connectivity index (χ0) is 22.9. The molecule has 0 aliphatic carbocycles. The molecule has 0 N–H and O–H groups in total. The van der Waals surface area contributed by atoms with E-state index in [-0.39, 0.29) is 22.8 Å². The molecule has 1 aliphatic rings. The van der Waals surface area contributed by atoms with Gasteiger partial charge in [0.2, 0.25) is 0 Å². The summed E-state index contributed by atoms with van der Waals surface area (Å²) >= 11 is 0. The van der Waals surface area contributed by atoms with E-state index in [2.05, 4.69) is 59.5 Å². The van der Waals surface area contributed by atoms with Crippen LogP contribution in [0.1, 0.15) is 81.6 Å². The van der Waals surface area contributed by atoms with Crippen LogP contribution >= 0.6 is 0 Å². The summed E-state index contributed by atoms with van der Waals surface area (Å²) in [5.41, 5.74) is -1.12. The van der Waals surface area contributed by atoms with Crippen LogP contribution in [0.4, 0.5) is 0 Å². The quantitative estimate of drug-likeness (QED) is 0.318. The number of carbonyl (C=O) groups excluding carboxylic acids is 2. The van der Waals surface area contributed by atoms with Crippen LogP contribution in [0.5, 0.6) is 0 Å². The van der Waals surface area contributed by atoms with Crippen molar-refractivity contribution in [3.8, 4) is 0 Å². The number of Topliss-reactive ketones (excluding diaryl/α,β-unsaturated/α-hetero) is 1. The minimum Gasteiger partial charge on any atom is -0.460 e. The van der Waals surface area contributed by atoms with Crippen molar-refractivity contribution in [2.75, 3.05) is 19.7 Å². The molecule has 0 aromatic carbocycles. The average Bonchev–Trinajstić information content (AvgIpc) is 2.89. The molecule has 29 heavy (non-hydrogen) atoms. The molecule has 0 saturated carbocycles. The summed E-state index contributed by atoms with van der Waals surface area (Å²) in [6.45, 7) is 25.3. The lowest BCUT2D eigenvalue weighted by Gasteiger charge is -2.38. The highest BCUT2D eigenvalue weighted by molar-refractivity contribution is 6.74. The van der Waals surface area contributed by atoms with Gasteiger partial charge in [0.05, 0.1) is 0 Å². The minimum atomic E-state index is -1.88. The number of carbonyl (C=O) groups is 2. The van der Waals surface area contributed by atoms with Crippen molar-refractivity contribution in [2.24, 2.45) is 5.41 Å². The fraction of sp³-hybridized carbons (Fsp3) is 0.913. The molecule has 0 bridgehead atoms. The van der Waals surface area contributed by atoms with E-state index in [4.69, 9.17) is 9.16 Å². The Morgan fingerprint density at radius 3 is 1.97 bits per heavy atom. The second kappa shape index (κ2) is 8.79. The highest BCUT2D eigenvalue weighted by atomic mass is 28.4. The van der Waals surface area contributed by atoms with E-state index >= 15 is 0 Å². The first-order valence-corrected chi connectivity index (χ1v) is 13.8. The molecular weight excluding hydrogens is 382 g/mol.